The van der Waals surface area contributed by atoms with Crippen molar-refractivity contribution in [3.63, 3.8) is 0 Å². The second kappa shape index (κ2) is 7.79. The number of nitrogens with zero attached hydrogens (tertiary/aromatic N) is 1. The standard InChI is InChI=1S/C17H17ClN2O4/c1-11-7-12(2)9-14(8-11)24-6-5-19-17(21)13-3-4-15(18)16(10-13)20(22)23/h3-4,7-10H,5-6H2,1-2H3,(H,19,21). The number of aryl methyl sites for hydroxylation is 2. The van der Waals surface area contributed by atoms with Crippen LogP contribution < -0.4 is 10.1 Å². The molecule has 0 heterocycles. The van der Waals surface area contributed by atoms with Crippen molar-refractivity contribution in [2.45, 2.75) is 13.8 Å². The molecule has 1 N–H and O–H groups in total. The lowest BCUT2D eigenvalue weighted by molar-refractivity contribution is -0.384. The summed E-state index contributed by atoms with van der Waals surface area (Å²) in [6, 6.07) is 9.80. The fourth-order valence-electron chi connectivity index (χ4n) is 2.25. The monoisotopic (exact) mass is 348 g/mol. The molecule has 2 aromatic rings. The van der Waals surface area contributed by atoms with E-state index in [0.717, 1.165) is 22.9 Å². The van der Waals surface area contributed by atoms with Crippen LogP contribution in [0, 0.1) is 24.0 Å². The van der Waals surface area contributed by atoms with Gasteiger partial charge < -0.3 is 10.1 Å². The number of amides is 1. The van der Waals surface area contributed by atoms with Crippen LogP contribution in [0.2, 0.25) is 5.02 Å². The van der Waals surface area contributed by atoms with E-state index in [1.807, 2.05) is 32.0 Å². The largest absolute Gasteiger partial charge is 0.492 e. The highest BCUT2D eigenvalue weighted by Crippen LogP contribution is 2.25. The van der Waals surface area contributed by atoms with Crippen LogP contribution in [0.5, 0.6) is 5.75 Å². The highest BCUT2D eigenvalue weighted by Gasteiger charge is 2.16. The van der Waals surface area contributed by atoms with Crippen LogP contribution >= 0.6 is 11.6 Å². The Morgan fingerprint density at radius 3 is 2.50 bits per heavy atom. The molecule has 126 valence electrons. The van der Waals surface area contributed by atoms with E-state index in [1.165, 1.54) is 12.1 Å². The van der Waals surface area contributed by atoms with Crippen molar-refractivity contribution in [2.24, 2.45) is 0 Å². The Balaban J connectivity index is 1.89. The minimum Gasteiger partial charge on any atom is -0.492 e. The van der Waals surface area contributed by atoms with Crippen LogP contribution in [-0.4, -0.2) is 24.0 Å². The maximum atomic E-state index is 12.0. The zero-order valence-corrected chi connectivity index (χ0v) is 14.1. The van der Waals surface area contributed by atoms with Crippen molar-refractivity contribution in [3.05, 3.63) is 68.2 Å². The topological polar surface area (TPSA) is 81.5 Å². The Bertz CT molecular complexity index is 757. The molecule has 0 aliphatic rings. The molecule has 24 heavy (non-hydrogen) atoms. The highest BCUT2D eigenvalue weighted by molar-refractivity contribution is 6.32. The second-order valence-corrected chi connectivity index (χ2v) is 5.76. The summed E-state index contributed by atoms with van der Waals surface area (Å²) >= 11 is 5.72. The van der Waals surface area contributed by atoms with Crippen LogP contribution in [0.1, 0.15) is 21.5 Å². The van der Waals surface area contributed by atoms with E-state index >= 15 is 0 Å². The van der Waals surface area contributed by atoms with E-state index in [2.05, 4.69) is 5.32 Å². The molecule has 7 heteroatoms. The number of benzene rings is 2. The summed E-state index contributed by atoms with van der Waals surface area (Å²) in [4.78, 5) is 22.2. The third-order valence-electron chi connectivity index (χ3n) is 3.26. The number of halogens is 1. The van der Waals surface area contributed by atoms with Gasteiger partial charge in [-0.3, -0.25) is 14.9 Å². The molecule has 1 amide bonds. The quantitative estimate of drug-likeness (QED) is 0.490. The third-order valence-corrected chi connectivity index (χ3v) is 3.58. The van der Waals surface area contributed by atoms with Crippen LogP contribution in [0.15, 0.2) is 36.4 Å². The molecule has 0 spiro atoms. The van der Waals surface area contributed by atoms with Gasteiger partial charge in [-0.2, -0.15) is 0 Å². The van der Waals surface area contributed by atoms with Crippen LogP contribution in [0.4, 0.5) is 5.69 Å². The Hall–Kier alpha value is -2.60. The second-order valence-electron chi connectivity index (χ2n) is 5.35. The molecule has 0 radical (unpaired) electrons. The molecule has 0 fully saturated rings. The van der Waals surface area contributed by atoms with Gasteiger partial charge in [0.1, 0.15) is 17.4 Å². The minimum absolute atomic E-state index is 0.00491. The molecule has 0 saturated carbocycles. The van der Waals surface area contributed by atoms with Crippen LogP contribution in [0.3, 0.4) is 0 Å². The number of carbonyl (C=O) groups is 1. The molecule has 0 aliphatic carbocycles. The molecule has 2 rings (SSSR count). The number of nitro benzene ring substituents is 1. The van der Waals surface area contributed by atoms with Gasteiger partial charge in [0.25, 0.3) is 11.6 Å². The molecule has 0 saturated heterocycles. The van der Waals surface area contributed by atoms with Crippen molar-refractivity contribution in [1.29, 1.82) is 0 Å². The van der Waals surface area contributed by atoms with E-state index in [1.54, 1.807) is 0 Å². The van der Waals surface area contributed by atoms with Gasteiger partial charge in [-0.1, -0.05) is 17.7 Å². The fourth-order valence-corrected chi connectivity index (χ4v) is 2.43. The zero-order valence-electron chi connectivity index (χ0n) is 13.3. The first kappa shape index (κ1) is 17.7. The average Bonchev–Trinajstić information content (AvgIpc) is 2.50. The van der Waals surface area contributed by atoms with Gasteiger partial charge in [-0.25, -0.2) is 0 Å². The van der Waals surface area contributed by atoms with Crippen molar-refractivity contribution in [3.8, 4) is 5.75 Å². The summed E-state index contributed by atoms with van der Waals surface area (Å²) in [6.07, 6.45) is 0. The lowest BCUT2D eigenvalue weighted by atomic mass is 10.1. The first-order valence-electron chi connectivity index (χ1n) is 7.30. The maximum absolute atomic E-state index is 12.0. The van der Waals surface area contributed by atoms with Gasteiger partial charge in [0.2, 0.25) is 0 Å². The Labute approximate surface area is 144 Å². The first-order valence-corrected chi connectivity index (χ1v) is 7.68. The molecule has 0 aliphatic heterocycles. The van der Waals surface area contributed by atoms with Gasteiger partial charge in [0.15, 0.2) is 0 Å². The molecular weight excluding hydrogens is 332 g/mol. The SMILES string of the molecule is Cc1cc(C)cc(OCCNC(=O)c2ccc(Cl)c([N+](=O)[O-])c2)c1. The number of nitro groups is 1. The van der Waals surface area contributed by atoms with Crippen molar-refractivity contribution in [1.82, 2.24) is 5.32 Å². The maximum Gasteiger partial charge on any atom is 0.288 e. The number of carbonyl (C=O) groups excluding carboxylic acids is 1. The Morgan fingerprint density at radius 1 is 1.21 bits per heavy atom. The van der Waals surface area contributed by atoms with Crippen molar-refractivity contribution < 1.29 is 14.5 Å². The van der Waals surface area contributed by atoms with Gasteiger partial charge in [-0.05, 0) is 49.2 Å². The molecule has 0 bridgehead atoms. The van der Waals surface area contributed by atoms with E-state index in [0.29, 0.717) is 6.61 Å². The smallest absolute Gasteiger partial charge is 0.288 e. The van der Waals surface area contributed by atoms with Crippen molar-refractivity contribution >= 4 is 23.2 Å². The lowest BCUT2D eigenvalue weighted by Crippen LogP contribution is -2.28. The predicted molar refractivity (Wildman–Crippen MR) is 91.9 cm³/mol. The first-order chi connectivity index (χ1) is 11.4. The molecule has 6 nitrogen and oxygen atoms in total. The predicted octanol–water partition coefficient (Wildman–Crippen LogP) is 3.67. The number of ether oxygens (including phenoxy) is 1. The van der Waals surface area contributed by atoms with Crippen LogP contribution in [0.25, 0.3) is 0 Å². The van der Waals surface area contributed by atoms with Crippen molar-refractivity contribution in [2.75, 3.05) is 13.2 Å². The third kappa shape index (κ3) is 4.70. The summed E-state index contributed by atoms with van der Waals surface area (Å²) in [5, 5.41) is 13.5. The van der Waals surface area contributed by atoms with E-state index in [4.69, 9.17) is 16.3 Å². The Morgan fingerprint density at radius 2 is 1.88 bits per heavy atom. The highest BCUT2D eigenvalue weighted by atomic mass is 35.5. The van der Waals surface area contributed by atoms with Gasteiger partial charge >= 0.3 is 0 Å². The summed E-state index contributed by atoms with van der Waals surface area (Å²) < 4.78 is 5.59. The van der Waals surface area contributed by atoms with Gasteiger partial charge in [-0.15, -0.1) is 0 Å². The summed E-state index contributed by atoms with van der Waals surface area (Å²) in [5.41, 5.74) is 2.08. The lowest BCUT2D eigenvalue weighted by Gasteiger charge is -2.09. The number of hydrogen-bond acceptors (Lipinski definition) is 4. The summed E-state index contributed by atoms with van der Waals surface area (Å²) in [7, 11) is 0. The zero-order chi connectivity index (χ0) is 17.7. The summed E-state index contributed by atoms with van der Waals surface area (Å²) in [5.74, 6) is 0.322. The van der Waals surface area contributed by atoms with E-state index in [-0.39, 0.29) is 22.8 Å². The number of nitrogens with one attached hydrogen (secondary N) is 1. The van der Waals surface area contributed by atoms with E-state index < -0.39 is 10.8 Å². The average molecular weight is 349 g/mol. The van der Waals surface area contributed by atoms with Gasteiger partial charge in [0.05, 0.1) is 11.5 Å². The molecular formula is C17H17ClN2O4. The fraction of sp³-hybridized carbons (Fsp3) is 0.235. The molecule has 0 aromatic heterocycles. The molecule has 0 unspecified atom stereocenters. The molecule has 0 atom stereocenters. The van der Waals surface area contributed by atoms with E-state index in [9.17, 15) is 14.9 Å². The van der Waals surface area contributed by atoms with Gasteiger partial charge in [0, 0.05) is 11.6 Å². The number of rotatable bonds is 6. The normalized spacial score (nSPS) is 10.3. The summed E-state index contributed by atoms with van der Waals surface area (Å²) in [6.45, 7) is 4.54. The Kier molecular flexibility index (Phi) is 5.76. The molecule has 2 aromatic carbocycles. The van der Waals surface area contributed by atoms with Crippen LogP contribution in [-0.2, 0) is 0 Å². The number of hydrogen-bond donors (Lipinski definition) is 1. The minimum atomic E-state index is -0.623.